The number of aldehydes is 1. The molecule has 7 rings (SSSR count). The third kappa shape index (κ3) is 6.93. The van der Waals surface area contributed by atoms with Crippen molar-refractivity contribution in [1.29, 1.82) is 0 Å². The largest absolute Gasteiger partial charge is 0.497 e. The molecule has 1 saturated heterocycles. The summed E-state index contributed by atoms with van der Waals surface area (Å²) in [4.78, 5) is 16.6. The monoisotopic (exact) mass is 763 g/mol. The lowest BCUT2D eigenvalue weighted by atomic mass is 9.96. The van der Waals surface area contributed by atoms with Gasteiger partial charge in [-0.15, -0.1) is 0 Å². The topological polar surface area (TPSA) is 54.9 Å². The summed E-state index contributed by atoms with van der Waals surface area (Å²) in [7, 11) is -1.34. The molecule has 1 aromatic heterocycles. The number of carbonyl (C=O) groups excluding carboxylic acids is 1. The first kappa shape index (κ1) is 37.0. The van der Waals surface area contributed by atoms with Gasteiger partial charge in [0.05, 0.1) is 12.1 Å². The minimum atomic E-state index is -2.94. The summed E-state index contributed by atoms with van der Waals surface area (Å²) in [5, 5.41) is 5.82. The van der Waals surface area contributed by atoms with Crippen LogP contribution in [0.2, 0.25) is 10.1 Å². The van der Waals surface area contributed by atoms with Crippen molar-refractivity contribution in [2.75, 3.05) is 38.2 Å². The molecule has 0 bridgehead atoms. The van der Waals surface area contributed by atoms with Crippen LogP contribution in [-0.4, -0.2) is 63.4 Å². The highest BCUT2D eigenvalue weighted by Gasteiger charge is 2.52. The molecule has 2 heterocycles. The van der Waals surface area contributed by atoms with Crippen LogP contribution in [0, 0.1) is 5.82 Å². The lowest BCUT2D eigenvalue weighted by molar-refractivity contribution is -0.105. The number of aromatic nitrogens is 1. The van der Waals surface area contributed by atoms with E-state index in [1.165, 1.54) is 21.9 Å². The van der Waals surface area contributed by atoms with Gasteiger partial charge in [-0.05, 0) is 67.1 Å². The molecule has 272 valence electrons. The van der Waals surface area contributed by atoms with Crippen LogP contribution in [0.15, 0.2) is 115 Å². The molecule has 0 radical (unpaired) electrons. The minimum absolute atomic E-state index is 0.237. The number of carbonyl (C=O) groups is 1. The van der Waals surface area contributed by atoms with E-state index in [0.29, 0.717) is 71.0 Å². The Labute approximate surface area is 320 Å². The maximum Gasteiger partial charge on any atom is 0.263 e. The first-order valence-electron chi connectivity index (χ1n) is 17.8. The number of nitrogens with zero attached hydrogens (tertiary/aromatic N) is 3. The molecule has 6 aromatic rings. The highest BCUT2D eigenvalue weighted by atomic mass is 35.5. The Kier molecular flexibility index (Phi) is 10.6. The molecule has 0 saturated carbocycles. The van der Waals surface area contributed by atoms with E-state index in [9.17, 15) is 4.79 Å². The number of methoxy groups -OCH3 is 1. The smallest absolute Gasteiger partial charge is 0.263 e. The molecule has 1 atom stereocenters. The zero-order chi connectivity index (χ0) is 37.3. The number of benzene rings is 5. The summed E-state index contributed by atoms with van der Waals surface area (Å²) < 4.78 is 34.3. The summed E-state index contributed by atoms with van der Waals surface area (Å²) in [5.41, 5.74) is 1.77. The minimum Gasteiger partial charge on any atom is -0.497 e. The third-order valence-corrected chi connectivity index (χ3v) is 16.6. The van der Waals surface area contributed by atoms with E-state index < -0.39 is 14.1 Å². The van der Waals surface area contributed by atoms with Gasteiger partial charge in [-0.2, -0.15) is 4.37 Å². The Morgan fingerprint density at radius 3 is 2.17 bits per heavy atom. The van der Waals surface area contributed by atoms with Crippen molar-refractivity contribution in [2.24, 2.45) is 0 Å². The second-order valence-electron chi connectivity index (χ2n) is 14.6. The van der Waals surface area contributed by atoms with Gasteiger partial charge in [-0.1, -0.05) is 124 Å². The fourth-order valence-electron chi connectivity index (χ4n) is 7.71. The highest BCUT2D eigenvalue weighted by molar-refractivity contribution is 7.11. The lowest BCUT2D eigenvalue weighted by Crippen LogP contribution is -2.69. The van der Waals surface area contributed by atoms with Crippen LogP contribution in [-0.2, 0) is 9.22 Å². The van der Waals surface area contributed by atoms with Gasteiger partial charge >= 0.3 is 0 Å². The van der Waals surface area contributed by atoms with Crippen molar-refractivity contribution < 1.29 is 18.3 Å². The number of halogens is 2. The fourth-order valence-corrected chi connectivity index (χ4v) is 13.6. The molecular weight excluding hydrogens is 721 g/mol. The Hall–Kier alpha value is -4.38. The zero-order valence-electron chi connectivity index (χ0n) is 30.4. The van der Waals surface area contributed by atoms with Gasteiger partial charge < -0.3 is 14.1 Å². The molecule has 0 spiro atoms. The first-order chi connectivity index (χ1) is 25.6. The molecule has 0 unspecified atom stereocenters. The predicted molar refractivity (Wildman–Crippen MR) is 220 cm³/mol. The SMILES string of the molecule is C=C(C=O)C[C@H](O[Si](c1ccccc1)(c1ccccc1)C(C)(C)C)N1CCN(c2snc3c(F)c(-c4cc(OC)cc5ccccc45)c(Cl)cc23)CC1. The van der Waals surface area contributed by atoms with Gasteiger partial charge in [0, 0.05) is 43.5 Å². The van der Waals surface area contributed by atoms with Crippen molar-refractivity contribution in [3.05, 3.63) is 126 Å². The van der Waals surface area contributed by atoms with Crippen LogP contribution in [0.3, 0.4) is 0 Å². The Morgan fingerprint density at radius 2 is 1.57 bits per heavy atom. The molecule has 0 aliphatic carbocycles. The molecule has 5 aromatic carbocycles. The Bertz CT molecular complexity index is 2230. The molecule has 1 aliphatic heterocycles. The van der Waals surface area contributed by atoms with E-state index in [1.807, 2.05) is 54.6 Å². The van der Waals surface area contributed by atoms with Crippen LogP contribution in [0.4, 0.5) is 9.39 Å². The van der Waals surface area contributed by atoms with Crippen molar-refractivity contribution >= 4 is 74.8 Å². The third-order valence-electron chi connectivity index (χ3n) is 10.3. The van der Waals surface area contributed by atoms with E-state index in [4.69, 9.17) is 20.8 Å². The van der Waals surface area contributed by atoms with Gasteiger partial charge in [-0.3, -0.25) is 9.69 Å². The van der Waals surface area contributed by atoms with Gasteiger partial charge in [0.15, 0.2) is 5.82 Å². The molecule has 0 amide bonds. The van der Waals surface area contributed by atoms with Crippen LogP contribution in [0.25, 0.3) is 32.8 Å². The van der Waals surface area contributed by atoms with Crippen LogP contribution in [0.5, 0.6) is 5.75 Å². The van der Waals surface area contributed by atoms with Gasteiger partial charge in [0.2, 0.25) is 0 Å². The van der Waals surface area contributed by atoms with E-state index in [-0.39, 0.29) is 11.3 Å². The Morgan fingerprint density at radius 1 is 0.943 bits per heavy atom. The number of fused-ring (bicyclic) bond motifs is 2. The average molecular weight is 764 g/mol. The van der Waals surface area contributed by atoms with Crippen LogP contribution < -0.4 is 20.0 Å². The number of anilines is 1. The summed E-state index contributed by atoms with van der Waals surface area (Å²) in [5.74, 6) is 0.179. The molecule has 53 heavy (non-hydrogen) atoms. The summed E-state index contributed by atoms with van der Waals surface area (Å²) in [6, 6.07) is 34.5. The van der Waals surface area contributed by atoms with Crippen molar-refractivity contribution in [3.8, 4) is 16.9 Å². The van der Waals surface area contributed by atoms with E-state index in [0.717, 1.165) is 22.1 Å². The molecule has 10 heteroatoms. The number of rotatable bonds is 11. The van der Waals surface area contributed by atoms with E-state index in [1.54, 1.807) is 7.11 Å². The number of ether oxygens (including phenoxy) is 1. The van der Waals surface area contributed by atoms with Crippen molar-refractivity contribution in [1.82, 2.24) is 9.27 Å². The van der Waals surface area contributed by atoms with Crippen LogP contribution in [0.1, 0.15) is 27.2 Å². The summed E-state index contributed by atoms with van der Waals surface area (Å²) >= 11 is 8.24. The summed E-state index contributed by atoms with van der Waals surface area (Å²) in [6.45, 7) is 13.5. The van der Waals surface area contributed by atoms with Gasteiger partial charge in [0.1, 0.15) is 28.8 Å². The summed E-state index contributed by atoms with van der Waals surface area (Å²) in [6.07, 6.45) is 0.842. The normalized spacial score (nSPS) is 14.8. The quantitative estimate of drug-likeness (QED) is 0.0746. The zero-order valence-corrected chi connectivity index (χ0v) is 33.0. The van der Waals surface area contributed by atoms with Crippen molar-refractivity contribution in [2.45, 2.75) is 38.5 Å². The predicted octanol–water partition coefficient (Wildman–Crippen LogP) is 9.09. The van der Waals surface area contributed by atoms with Gasteiger partial charge in [0.25, 0.3) is 8.32 Å². The van der Waals surface area contributed by atoms with E-state index in [2.05, 4.69) is 90.1 Å². The molecule has 1 aliphatic rings. The average Bonchev–Trinajstić information content (AvgIpc) is 3.60. The fraction of sp³-hybridized carbons (Fsp3) is 0.256. The maximum absolute atomic E-state index is 16.6. The van der Waals surface area contributed by atoms with E-state index >= 15 is 4.39 Å². The Balaban J connectivity index is 1.20. The second kappa shape index (κ2) is 15.2. The number of piperazine rings is 1. The lowest BCUT2D eigenvalue weighted by Gasteiger charge is -2.48. The maximum atomic E-state index is 16.6. The number of hydrogen-bond donors (Lipinski definition) is 0. The molecule has 1 fully saturated rings. The van der Waals surface area contributed by atoms with Crippen LogP contribution >= 0.6 is 23.1 Å². The highest BCUT2D eigenvalue weighted by Crippen LogP contribution is 2.44. The van der Waals surface area contributed by atoms with Gasteiger partial charge in [-0.25, -0.2) is 4.39 Å². The first-order valence-corrected chi connectivity index (χ1v) is 20.9. The standard InChI is InChI=1S/C43H43ClFN3O3SSi/c1-29(28-49)24-38(51-53(43(2,3)4,32-15-8-6-9-16-32)33-17-10-7-11-18-33)47-20-22-48(23-21-47)42-36-27-37(44)39(40(45)41(36)46-52-42)35-26-31(50-5)25-30-14-12-13-19-34(30)35/h6-19,25-28,38H,1,20-24H2,2-5H3/t38-/m0/s1. The van der Waals surface area contributed by atoms with Crippen molar-refractivity contribution in [3.63, 3.8) is 0 Å². The molecular formula is C43H43ClFN3O3SSi. The molecule has 6 nitrogen and oxygen atoms in total. The number of hydrogen-bond acceptors (Lipinski definition) is 7. The molecule has 0 N–H and O–H groups in total. The second-order valence-corrected chi connectivity index (χ2v) is 20.0.